The Morgan fingerprint density at radius 3 is 2.91 bits per heavy atom. The average molecular weight is 295 g/mol. The van der Waals surface area contributed by atoms with Crippen molar-refractivity contribution in [2.24, 2.45) is 0 Å². The molecular formula is C18H14FNO2. The van der Waals surface area contributed by atoms with E-state index in [0.29, 0.717) is 24.5 Å². The van der Waals surface area contributed by atoms with Crippen LogP contribution in [0.4, 0.5) is 4.39 Å². The lowest BCUT2D eigenvalue weighted by atomic mass is 10.0. The minimum absolute atomic E-state index is 0.230. The third-order valence-electron chi connectivity index (χ3n) is 3.84. The average Bonchev–Trinajstić information content (AvgIpc) is 2.56. The van der Waals surface area contributed by atoms with E-state index in [1.165, 1.54) is 6.07 Å². The number of nitrogens with zero attached hydrogens (tertiary/aromatic N) is 1. The number of rotatable bonds is 2. The first kappa shape index (κ1) is 13.1. The first-order valence-electron chi connectivity index (χ1n) is 7.24. The van der Waals surface area contributed by atoms with Crippen molar-refractivity contribution in [1.29, 1.82) is 0 Å². The Bertz CT molecular complexity index is 829. The molecule has 0 radical (unpaired) electrons. The fourth-order valence-corrected chi connectivity index (χ4v) is 2.80. The minimum atomic E-state index is -0.346. The molecule has 22 heavy (non-hydrogen) atoms. The molecule has 2 aromatic carbocycles. The van der Waals surface area contributed by atoms with Crippen molar-refractivity contribution >= 4 is 10.9 Å². The van der Waals surface area contributed by atoms with Gasteiger partial charge in [-0.1, -0.05) is 30.3 Å². The Labute approximate surface area is 127 Å². The molecule has 0 fully saturated rings. The lowest BCUT2D eigenvalue weighted by molar-refractivity contribution is 0.133. The summed E-state index contributed by atoms with van der Waals surface area (Å²) in [6.45, 7) is 0.441. The van der Waals surface area contributed by atoms with Gasteiger partial charge in [-0.05, 0) is 18.2 Å². The van der Waals surface area contributed by atoms with Crippen LogP contribution in [0.25, 0.3) is 10.9 Å². The van der Waals surface area contributed by atoms with E-state index in [9.17, 15) is 4.39 Å². The van der Waals surface area contributed by atoms with E-state index in [4.69, 9.17) is 9.47 Å². The number of aromatic nitrogens is 1. The lowest BCUT2D eigenvalue weighted by Crippen LogP contribution is -2.19. The topological polar surface area (TPSA) is 31.4 Å². The number of halogens is 1. The van der Waals surface area contributed by atoms with Crippen LogP contribution in [0.5, 0.6) is 11.5 Å². The number of ether oxygens (including phenoxy) is 2. The number of hydrogen-bond acceptors (Lipinski definition) is 3. The molecule has 1 aromatic heterocycles. The molecule has 3 aromatic rings. The van der Waals surface area contributed by atoms with E-state index < -0.39 is 0 Å². The second kappa shape index (κ2) is 5.30. The second-order valence-electron chi connectivity index (χ2n) is 5.23. The molecule has 0 saturated heterocycles. The third-order valence-corrected chi connectivity index (χ3v) is 3.84. The fourth-order valence-electron chi connectivity index (χ4n) is 2.80. The molecular weight excluding hydrogens is 281 g/mol. The van der Waals surface area contributed by atoms with Gasteiger partial charge in [0.15, 0.2) is 11.6 Å². The fraction of sp³-hybridized carbons (Fsp3) is 0.167. The molecule has 2 heterocycles. The van der Waals surface area contributed by atoms with Gasteiger partial charge >= 0.3 is 0 Å². The van der Waals surface area contributed by atoms with Crippen LogP contribution in [0.2, 0.25) is 0 Å². The number of pyridine rings is 1. The Balaban J connectivity index is 1.74. The summed E-state index contributed by atoms with van der Waals surface area (Å²) in [5, 5.41) is 1.02. The summed E-state index contributed by atoms with van der Waals surface area (Å²) in [7, 11) is 0. The smallest absolute Gasteiger partial charge is 0.165 e. The van der Waals surface area contributed by atoms with Crippen LogP contribution in [0, 0.1) is 5.82 Å². The number of hydrogen-bond donors (Lipinski definition) is 0. The van der Waals surface area contributed by atoms with Crippen LogP contribution in [-0.4, -0.2) is 11.6 Å². The molecule has 0 amide bonds. The summed E-state index contributed by atoms with van der Waals surface area (Å²) < 4.78 is 25.4. The molecule has 4 heteroatoms. The van der Waals surface area contributed by atoms with E-state index in [2.05, 4.69) is 4.98 Å². The second-order valence-corrected chi connectivity index (χ2v) is 5.23. The van der Waals surface area contributed by atoms with Crippen molar-refractivity contribution in [3.63, 3.8) is 0 Å². The summed E-state index contributed by atoms with van der Waals surface area (Å²) in [6.07, 6.45) is 2.19. The summed E-state index contributed by atoms with van der Waals surface area (Å²) in [5.74, 6) is 0.661. The number of fused-ring (bicyclic) bond motifs is 2. The molecule has 110 valence electrons. The van der Waals surface area contributed by atoms with Gasteiger partial charge in [0.05, 0.1) is 6.61 Å². The maximum Gasteiger partial charge on any atom is 0.165 e. The summed E-state index contributed by atoms with van der Waals surface area (Å²) in [6, 6.07) is 14.6. The maximum absolute atomic E-state index is 13.8. The monoisotopic (exact) mass is 295 g/mol. The summed E-state index contributed by atoms with van der Waals surface area (Å²) in [5.41, 5.74) is 1.56. The normalized spacial score (nSPS) is 16.9. The third kappa shape index (κ3) is 2.17. The van der Waals surface area contributed by atoms with E-state index in [0.717, 1.165) is 16.5 Å². The number of benzene rings is 2. The van der Waals surface area contributed by atoms with Crippen molar-refractivity contribution in [2.45, 2.75) is 12.5 Å². The molecule has 0 N–H and O–H groups in total. The largest absolute Gasteiger partial charge is 0.490 e. The highest BCUT2D eigenvalue weighted by Crippen LogP contribution is 2.38. The Kier molecular flexibility index (Phi) is 3.15. The van der Waals surface area contributed by atoms with E-state index in [1.807, 2.05) is 36.4 Å². The van der Waals surface area contributed by atoms with Gasteiger partial charge in [-0.3, -0.25) is 4.98 Å². The zero-order valence-electron chi connectivity index (χ0n) is 11.8. The molecule has 0 bridgehead atoms. The maximum atomic E-state index is 13.8. The minimum Gasteiger partial charge on any atom is -0.490 e. The van der Waals surface area contributed by atoms with Gasteiger partial charge in [0.2, 0.25) is 0 Å². The first-order chi connectivity index (χ1) is 10.8. The van der Waals surface area contributed by atoms with E-state index >= 15 is 0 Å². The highest BCUT2D eigenvalue weighted by molar-refractivity contribution is 5.84. The highest BCUT2D eigenvalue weighted by Gasteiger charge is 2.26. The molecule has 1 unspecified atom stereocenters. The molecule has 1 aliphatic rings. The van der Waals surface area contributed by atoms with Crippen LogP contribution in [0.15, 0.2) is 54.7 Å². The van der Waals surface area contributed by atoms with Crippen molar-refractivity contribution < 1.29 is 13.9 Å². The predicted octanol–water partition coefficient (Wildman–Crippen LogP) is 4.28. The zero-order valence-corrected chi connectivity index (χ0v) is 11.8. The molecule has 4 rings (SSSR count). The van der Waals surface area contributed by atoms with Crippen molar-refractivity contribution in [1.82, 2.24) is 4.98 Å². The number of para-hydroxylation sites is 2. The van der Waals surface area contributed by atoms with Crippen LogP contribution < -0.4 is 9.47 Å². The van der Waals surface area contributed by atoms with Gasteiger partial charge in [-0.15, -0.1) is 0 Å². The van der Waals surface area contributed by atoms with Crippen LogP contribution in [0.3, 0.4) is 0 Å². The van der Waals surface area contributed by atoms with Gasteiger partial charge in [0.25, 0.3) is 0 Å². The van der Waals surface area contributed by atoms with Crippen molar-refractivity contribution in [3.05, 3.63) is 66.1 Å². The van der Waals surface area contributed by atoms with Crippen LogP contribution in [-0.2, 0) is 0 Å². The molecule has 0 spiro atoms. The van der Waals surface area contributed by atoms with Gasteiger partial charge in [0.1, 0.15) is 17.4 Å². The van der Waals surface area contributed by atoms with Gasteiger partial charge in [-0.25, -0.2) is 4.39 Å². The lowest BCUT2D eigenvalue weighted by Gasteiger charge is -2.27. The van der Waals surface area contributed by atoms with Crippen molar-refractivity contribution in [2.75, 3.05) is 6.61 Å². The van der Waals surface area contributed by atoms with Gasteiger partial charge in [-0.2, -0.15) is 0 Å². The van der Waals surface area contributed by atoms with Gasteiger partial charge < -0.3 is 9.47 Å². The standard InChI is InChI=1S/C18H14FNO2/c19-14-7-2-6-13-15(9-11-21-18(13)14)22-16-8-1-4-12-5-3-10-20-17(12)16/h1-8,10,15H,9,11H2. The predicted molar refractivity (Wildman–Crippen MR) is 81.6 cm³/mol. The molecule has 0 aliphatic carbocycles. The van der Waals surface area contributed by atoms with Crippen molar-refractivity contribution in [3.8, 4) is 11.5 Å². The van der Waals surface area contributed by atoms with E-state index in [-0.39, 0.29) is 11.9 Å². The SMILES string of the molecule is Fc1cccc2c1OCCC2Oc1cccc2cccnc12. The Morgan fingerprint density at radius 2 is 1.95 bits per heavy atom. The van der Waals surface area contributed by atoms with E-state index in [1.54, 1.807) is 12.3 Å². The Hall–Kier alpha value is -2.62. The van der Waals surface area contributed by atoms with Gasteiger partial charge in [0, 0.05) is 23.6 Å². The molecule has 1 atom stereocenters. The quantitative estimate of drug-likeness (QED) is 0.707. The van der Waals surface area contributed by atoms with Crippen LogP contribution >= 0.6 is 0 Å². The first-order valence-corrected chi connectivity index (χ1v) is 7.24. The van der Waals surface area contributed by atoms with Crippen LogP contribution in [0.1, 0.15) is 18.1 Å². The summed E-state index contributed by atoms with van der Waals surface area (Å²) in [4.78, 5) is 4.39. The summed E-state index contributed by atoms with van der Waals surface area (Å²) >= 11 is 0. The molecule has 3 nitrogen and oxygen atoms in total. The molecule has 0 saturated carbocycles. The highest BCUT2D eigenvalue weighted by atomic mass is 19.1. The Morgan fingerprint density at radius 1 is 1.09 bits per heavy atom. The molecule has 1 aliphatic heterocycles. The zero-order chi connectivity index (χ0) is 14.9.